The molecule has 0 saturated heterocycles. The van der Waals surface area contributed by atoms with E-state index in [0.29, 0.717) is 10.6 Å². The van der Waals surface area contributed by atoms with Crippen LogP contribution in [0, 0.1) is 0 Å². The molecule has 0 heterocycles. The molecule has 0 N–H and O–H groups in total. The van der Waals surface area contributed by atoms with E-state index >= 15 is 0 Å². The van der Waals surface area contributed by atoms with Crippen molar-refractivity contribution in [2.45, 2.75) is 5.75 Å². The van der Waals surface area contributed by atoms with Crippen LogP contribution in [0.1, 0.15) is 5.56 Å². The SMILES string of the molecule is O=S(=O)(Cl)Cc1cccc(Cl)c1Cl. The maximum Gasteiger partial charge on any atom is 0.236 e. The zero-order valence-corrected chi connectivity index (χ0v) is 9.38. The summed E-state index contributed by atoms with van der Waals surface area (Å²) in [4.78, 5) is 0. The van der Waals surface area contributed by atoms with Crippen LogP contribution in [0.2, 0.25) is 10.0 Å². The monoisotopic (exact) mass is 258 g/mol. The lowest BCUT2D eigenvalue weighted by atomic mass is 10.2. The van der Waals surface area contributed by atoms with Gasteiger partial charge in [-0.3, -0.25) is 0 Å². The Morgan fingerprint density at radius 2 is 1.85 bits per heavy atom. The summed E-state index contributed by atoms with van der Waals surface area (Å²) in [7, 11) is 1.48. The third-order valence-corrected chi connectivity index (χ3v) is 3.20. The summed E-state index contributed by atoms with van der Waals surface area (Å²) in [6.45, 7) is 0. The van der Waals surface area contributed by atoms with Crippen LogP contribution in [-0.2, 0) is 14.8 Å². The van der Waals surface area contributed by atoms with E-state index in [2.05, 4.69) is 0 Å². The first kappa shape index (κ1) is 11.1. The molecule has 0 unspecified atom stereocenters. The minimum absolute atomic E-state index is 0.230. The molecule has 0 fully saturated rings. The van der Waals surface area contributed by atoms with Crippen LogP contribution in [0.4, 0.5) is 0 Å². The fourth-order valence-corrected chi connectivity index (χ4v) is 2.28. The summed E-state index contributed by atoms with van der Waals surface area (Å²) in [6.07, 6.45) is 0. The van der Waals surface area contributed by atoms with Gasteiger partial charge in [0, 0.05) is 10.7 Å². The first-order valence-corrected chi connectivity index (χ1v) is 6.49. The van der Waals surface area contributed by atoms with Gasteiger partial charge in [0.2, 0.25) is 9.05 Å². The molecule has 0 amide bonds. The van der Waals surface area contributed by atoms with Gasteiger partial charge in [0.1, 0.15) is 0 Å². The molecule has 0 saturated carbocycles. The summed E-state index contributed by atoms with van der Waals surface area (Å²) >= 11 is 11.4. The van der Waals surface area contributed by atoms with Crippen molar-refractivity contribution >= 4 is 42.9 Å². The van der Waals surface area contributed by atoms with Crippen molar-refractivity contribution in [3.63, 3.8) is 0 Å². The van der Waals surface area contributed by atoms with Crippen molar-refractivity contribution < 1.29 is 8.42 Å². The topological polar surface area (TPSA) is 34.1 Å². The maximum atomic E-state index is 10.7. The molecule has 0 aromatic heterocycles. The average molecular weight is 260 g/mol. The highest BCUT2D eigenvalue weighted by molar-refractivity contribution is 8.13. The van der Waals surface area contributed by atoms with Crippen LogP contribution < -0.4 is 0 Å². The fraction of sp³-hybridized carbons (Fsp3) is 0.143. The van der Waals surface area contributed by atoms with Crippen LogP contribution >= 0.6 is 33.9 Å². The lowest BCUT2D eigenvalue weighted by Crippen LogP contribution is -1.95. The fourth-order valence-electron chi connectivity index (χ4n) is 0.846. The second-order valence-corrected chi connectivity index (χ2v) is 5.96. The molecule has 0 aliphatic rings. The first-order valence-electron chi connectivity index (χ1n) is 3.25. The molecule has 2 nitrogen and oxygen atoms in total. The number of hydrogen-bond acceptors (Lipinski definition) is 2. The Morgan fingerprint density at radius 3 is 2.38 bits per heavy atom. The van der Waals surface area contributed by atoms with Gasteiger partial charge >= 0.3 is 0 Å². The van der Waals surface area contributed by atoms with Crippen LogP contribution in [0.25, 0.3) is 0 Å². The number of benzene rings is 1. The molecule has 0 aliphatic heterocycles. The van der Waals surface area contributed by atoms with Gasteiger partial charge in [0.05, 0.1) is 15.8 Å². The molecule has 1 rings (SSSR count). The predicted molar refractivity (Wildman–Crippen MR) is 54.9 cm³/mol. The Kier molecular flexibility index (Phi) is 3.46. The largest absolute Gasteiger partial charge is 0.236 e. The lowest BCUT2D eigenvalue weighted by molar-refractivity contribution is 0.609. The zero-order chi connectivity index (χ0) is 10.1. The Morgan fingerprint density at radius 1 is 1.23 bits per heavy atom. The summed E-state index contributed by atoms with van der Waals surface area (Å²) in [5, 5.41) is 0.549. The van der Waals surface area contributed by atoms with Crippen molar-refractivity contribution in [1.82, 2.24) is 0 Å². The molecule has 72 valence electrons. The van der Waals surface area contributed by atoms with E-state index in [1.54, 1.807) is 18.2 Å². The van der Waals surface area contributed by atoms with E-state index in [9.17, 15) is 8.42 Å². The van der Waals surface area contributed by atoms with E-state index in [-0.39, 0.29) is 10.8 Å². The molecule has 13 heavy (non-hydrogen) atoms. The standard InChI is InChI=1S/C7H5Cl3O2S/c8-6-3-1-2-5(7(6)9)4-13(10,11)12/h1-3H,4H2. The first-order chi connectivity index (χ1) is 5.90. The van der Waals surface area contributed by atoms with Gasteiger partial charge in [-0.05, 0) is 11.6 Å². The van der Waals surface area contributed by atoms with Gasteiger partial charge < -0.3 is 0 Å². The van der Waals surface area contributed by atoms with Crippen LogP contribution in [0.15, 0.2) is 18.2 Å². The van der Waals surface area contributed by atoms with Crippen molar-refractivity contribution in [2.75, 3.05) is 0 Å². The van der Waals surface area contributed by atoms with Gasteiger partial charge in [0.15, 0.2) is 0 Å². The van der Waals surface area contributed by atoms with E-state index < -0.39 is 9.05 Å². The van der Waals surface area contributed by atoms with Crippen LogP contribution in [0.5, 0.6) is 0 Å². The quantitative estimate of drug-likeness (QED) is 0.765. The average Bonchev–Trinajstić information content (AvgIpc) is 1.96. The molecular weight excluding hydrogens is 255 g/mol. The van der Waals surface area contributed by atoms with Crippen molar-refractivity contribution in [1.29, 1.82) is 0 Å². The van der Waals surface area contributed by atoms with Gasteiger partial charge in [-0.15, -0.1) is 0 Å². The highest BCUT2D eigenvalue weighted by Gasteiger charge is 2.11. The van der Waals surface area contributed by atoms with E-state index in [1.807, 2.05) is 0 Å². The molecule has 0 radical (unpaired) electrons. The third kappa shape index (κ3) is 3.35. The summed E-state index contributed by atoms with van der Waals surface area (Å²) < 4.78 is 21.5. The van der Waals surface area contributed by atoms with Gasteiger partial charge in [-0.2, -0.15) is 0 Å². The van der Waals surface area contributed by atoms with Crippen LogP contribution in [-0.4, -0.2) is 8.42 Å². The van der Waals surface area contributed by atoms with E-state index in [1.165, 1.54) is 0 Å². The molecule has 0 bridgehead atoms. The molecule has 0 spiro atoms. The molecule has 0 aliphatic carbocycles. The predicted octanol–water partition coefficient (Wildman–Crippen LogP) is 3.06. The van der Waals surface area contributed by atoms with Gasteiger partial charge in [0.25, 0.3) is 0 Å². The van der Waals surface area contributed by atoms with Crippen LogP contribution in [0.3, 0.4) is 0 Å². The maximum absolute atomic E-state index is 10.7. The zero-order valence-electron chi connectivity index (χ0n) is 6.30. The second kappa shape index (κ2) is 4.05. The molecule has 1 aromatic rings. The normalized spacial score (nSPS) is 11.6. The molecule has 0 atom stereocenters. The molecule has 6 heteroatoms. The highest BCUT2D eigenvalue weighted by Crippen LogP contribution is 2.27. The Balaban J connectivity index is 3.10. The molecule has 1 aromatic carbocycles. The van der Waals surface area contributed by atoms with Crippen molar-refractivity contribution in [2.24, 2.45) is 0 Å². The minimum Gasteiger partial charge on any atom is -0.212 e. The Bertz CT molecular complexity index is 414. The number of rotatable bonds is 2. The minimum atomic E-state index is -3.59. The summed E-state index contributed by atoms with van der Waals surface area (Å²) in [5.74, 6) is -0.312. The van der Waals surface area contributed by atoms with E-state index in [0.717, 1.165) is 0 Å². The van der Waals surface area contributed by atoms with Crippen molar-refractivity contribution in [3.8, 4) is 0 Å². The van der Waals surface area contributed by atoms with Gasteiger partial charge in [-0.1, -0.05) is 35.3 Å². The Hall–Kier alpha value is 0.0400. The lowest BCUT2D eigenvalue weighted by Gasteiger charge is -2.02. The van der Waals surface area contributed by atoms with Crippen molar-refractivity contribution in [3.05, 3.63) is 33.8 Å². The Labute approximate surface area is 90.8 Å². The smallest absolute Gasteiger partial charge is 0.212 e. The van der Waals surface area contributed by atoms with E-state index in [4.69, 9.17) is 33.9 Å². The number of hydrogen-bond donors (Lipinski definition) is 0. The summed E-state index contributed by atoms with van der Waals surface area (Å²) in [6, 6.07) is 4.76. The third-order valence-electron chi connectivity index (χ3n) is 1.36. The highest BCUT2D eigenvalue weighted by atomic mass is 35.7. The number of halogens is 3. The second-order valence-electron chi connectivity index (χ2n) is 2.40. The van der Waals surface area contributed by atoms with Gasteiger partial charge in [-0.25, -0.2) is 8.42 Å². The summed E-state index contributed by atoms with van der Waals surface area (Å²) in [5.41, 5.74) is 0.407. The molecular formula is C7H5Cl3O2S.